The summed E-state index contributed by atoms with van der Waals surface area (Å²) in [5, 5.41) is 3.14. The quantitative estimate of drug-likeness (QED) is 0.717. The molecule has 3 heterocycles. The molecule has 8 heteroatoms. The normalized spacial score (nSPS) is 13.9. The highest BCUT2D eigenvalue weighted by Gasteiger charge is 2.26. The van der Waals surface area contributed by atoms with E-state index in [-0.39, 0.29) is 11.8 Å². The van der Waals surface area contributed by atoms with Crippen molar-refractivity contribution in [3.05, 3.63) is 78.0 Å². The number of furan rings is 1. The summed E-state index contributed by atoms with van der Waals surface area (Å²) >= 11 is 0. The van der Waals surface area contributed by atoms with Gasteiger partial charge in [0.25, 0.3) is 11.8 Å². The fraction of sp³-hybridized carbons (Fsp3) is 0.238. The predicted octanol–water partition coefficient (Wildman–Crippen LogP) is 2.28. The van der Waals surface area contributed by atoms with Gasteiger partial charge in [0.15, 0.2) is 5.76 Å². The summed E-state index contributed by atoms with van der Waals surface area (Å²) in [6, 6.07) is 13.3. The van der Waals surface area contributed by atoms with Crippen LogP contribution in [0.3, 0.4) is 0 Å². The second-order valence-electron chi connectivity index (χ2n) is 6.70. The number of hydrogen-bond donors (Lipinski definition) is 1. The predicted molar refractivity (Wildman–Crippen MR) is 106 cm³/mol. The Morgan fingerprint density at radius 3 is 2.17 bits per heavy atom. The van der Waals surface area contributed by atoms with Crippen LogP contribution in [0.4, 0.5) is 5.95 Å². The molecule has 8 nitrogen and oxygen atoms in total. The number of anilines is 1. The second-order valence-corrected chi connectivity index (χ2v) is 6.70. The Bertz CT molecular complexity index is 950. The van der Waals surface area contributed by atoms with Gasteiger partial charge in [0.2, 0.25) is 5.95 Å². The van der Waals surface area contributed by atoms with E-state index in [1.165, 1.54) is 18.7 Å². The van der Waals surface area contributed by atoms with Crippen molar-refractivity contribution in [1.82, 2.24) is 19.8 Å². The average molecular weight is 391 g/mol. The number of carbonyl (C=O) groups excluding carboxylic acids is 2. The summed E-state index contributed by atoms with van der Waals surface area (Å²) in [6.45, 7) is 2.45. The van der Waals surface area contributed by atoms with E-state index >= 15 is 0 Å². The van der Waals surface area contributed by atoms with Crippen molar-refractivity contribution in [1.29, 1.82) is 0 Å². The van der Waals surface area contributed by atoms with E-state index in [1.807, 2.05) is 30.3 Å². The van der Waals surface area contributed by atoms with Crippen LogP contribution < -0.4 is 5.32 Å². The third kappa shape index (κ3) is 4.43. The zero-order valence-electron chi connectivity index (χ0n) is 15.8. The topological polar surface area (TPSA) is 91.6 Å². The van der Waals surface area contributed by atoms with Crippen molar-refractivity contribution in [3.63, 3.8) is 0 Å². The smallest absolute Gasteiger partial charge is 0.289 e. The lowest BCUT2D eigenvalue weighted by molar-refractivity contribution is 0.0517. The first-order valence-corrected chi connectivity index (χ1v) is 9.42. The molecular weight excluding hydrogens is 370 g/mol. The van der Waals surface area contributed by atoms with Gasteiger partial charge in [-0.2, -0.15) is 0 Å². The molecule has 1 saturated heterocycles. The molecule has 2 aromatic heterocycles. The second kappa shape index (κ2) is 8.55. The van der Waals surface area contributed by atoms with E-state index in [2.05, 4.69) is 15.3 Å². The van der Waals surface area contributed by atoms with Crippen LogP contribution >= 0.6 is 0 Å². The summed E-state index contributed by atoms with van der Waals surface area (Å²) < 4.78 is 5.16. The van der Waals surface area contributed by atoms with Gasteiger partial charge in [0.05, 0.1) is 11.8 Å². The van der Waals surface area contributed by atoms with E-state index < -0.39 is 0 Å². The number of piperazine rings is 1. The van der Waals surface area contributed by atoms with Gasteiger partial charge in [0, 0.05) is 45.1 Å². The minimum absolute atomic E-state index is 0.135. The van der Waals surface area contributed by atoms with Crippen molar-refractivity contribution in [2.45, 2.75) is 6.54 Å². The largest absolute Gasteiger partial charge is 0.459 e. The number of nitrogens with one attached hydrogen (secondary N) is 1. The Kier molecular flexibility index (Phi) is 5.51. The van der Waals surface area contributed by atoms with Crippen molar-refractivity contribution in [2.24, 2.45) is 0 Å². The Labute approximate surface area is 168 Å². The molecule has 1 aliphatic heterocycles. The molecule has 2 amide bonds. The molecule has 148 valence electrons. The van der Waals surface area contributed by atoms with Crippen molar-refractivity contribution in [3.8, 4) is 0 Å². The Morgan fingerprint density at radius 2 is 1.55 bits per heavy atom. The molecule has 0 radical (unpaired) electrons. The van der Waals surface area contributed by atoms with Crippen LogP contribution in [0.2, 0.25) is 0 Å². The maximum absolute atomic E-state index is 12.7. The number of benzene rings is 1. The molecule has 0 aliphatic carbocycles. The summed E-state index contributed by atoms with van der Waals surface area (Å²) in [5.74, 6) is 0.500. The number of hydrogen-bond acceptors (Lipinski definition) is 6. The average Bonchev–Trinajstić information content (AvgIpc) is 3.33. The van der Waals surface area contributed by atoms with Crippen LogP contribution in [0.25, 0.3) is 0 Å². The van der Waals surface area contributed by atoms with Crippen LogP contribution in [0.5, 0.6) is 0 Å². The van der Waals surface area contributed by atoms with Gasteiger partial charge in [-0.3, -0.25) is 9.59 Å². The minimum Gasteiger partial charge on any atom is -0.459 e. The maximum atomic E-state index is 12.7. The van der Waals surface area contributed by atoms with Gasteiger partial charge in [-0.05, 0) is 17.7 Å². The van der Waals surface area contributed by atoms with E-state index in [0.717, 1.165) is 5.56 Å². The minimum atomic E-state index is -0.153. The summed E-state index contributed by atoms with van der Waals surface area (Å²) in [6.07, 6.45) is 4.54. The molecule has 0 unspecified atom stereocenters. The molecule has 0 atom stereocenters. The zero-order chi connectivity index (χ0) is 20.1. The van der Waals surface area contributed by atoms with E-state index in [9.17, 15) is 9.59 Å². The molecule has 3 aromatic rings. The van der Waals surface area contributed by atoms with Gasteiger partial charge in [0.1, 0.15) is 0 Å². The van der Waals surface area contributed by atoms with Crippen LogP contribution in [-0.4, -0.2) is 57.8 Å². The van der Waals surface area contributed by atoms with E-state index in [0.29, 0.717) is 50.0 Å². The number of carbonyl (C=O) groups is 2. The fourth-order valence-electron chi connectivity index (χ4n) is 3.16. The molecular formula is C21H21N5O3. The summed E-state index contributed by atoms with van der Waals surface area (Å²) in [7, 11) is 0. The lowest BCUT2D eigenvalue weighted by atomic mass is 10.2. The van der Waals surface area contributed by atoms with Crippen LogP contribution in [0.15, 0.2) is 65.5 Å². The Morgan fingerprint density at radius 1 is 0.897 bits per heavy atom. The van der Waals surface area contributed by atoms with Gasteiger partial charge in [-0.25, -0.2) is 9.97 Å². The highest BCUT2D eigenvalue weighted by molar-refractivity contribution is 5.94. The molecule has 0 bridgehead atoms. The first-order valence-electron chi connectivity index (χ1n) is 9.42. The highest BCUT2D eigenvalue weighted by atomic mass is 16.3. The molecule has 0 saturated carbocycles. The highest BCUT2D eigenvalue weighted by Crippen LogP contribution is 2.12. The van der Waals surface area contributed by atoms with Crippen molar-refractivity contribution < 1.29 is 14.0 Å². The molecule has 1 N–H and O–H groups in total. The van der Waals surface area contributed by atoms with E-state index in [1.54, 1.807) is 21.9 Å². The SMILES string of the molecule is O=C(c1cnc(NCc2ccccc2)nc1)N1CCN(C(=O)c2ccco2)CC1. The lowest BCUT2D eigenvalue weighted by Gasteiger charge is -2.34. The standard InChI is InChI=1S/C21H21N5O3/c27-19(25-8-10-26(11-9-25)20(28)18-7-4-12-29-18)17-14-23-21(24-15-17)22-13-16-5-2-1-3-6-16/h1-7,12,14-15H,8-11,13H2,(H,22,23,24). The monoisotopic (exact) mass is 391 g/mol. The number of aromatic nitrogens is 2. The van der Waals surface area contributed by atoms with Crippen LogP contribution in [-0.2, 0) is 6.54 Å². The van der Waals surface area contributed by atoms with Crippen LogP contribution in [0.1, 0.15) is 26.5 Å². The van der Waals surface area contributed by atoms with Crippen molar-refractivity contribution in [2.75, 3.05) is 31.5 Å². The number of nitrogens with zero attached hydrogens (tertiary/aromatic N) is 4. The maximum Gasteiger partial charge on any atom is 0.289 e. The molecule has 29 heavy (non-hydrogen) atoms. The van der Waals surface area contributed by atoms with Crippen molar-refractivity contribution >= 4 is 17.8 Å². The van der Waals surface area contributed by atoms with Gasteiger partial charge < -0.3 is 19.5 Å². The third-order valence-corrected chi connectivity index (χ3v) is 4.78. The van der Waals surface area contributed by atoms with Gasteiger partial charge >= 0.3 is 0 Å². The van der Waals surface area contributed by atoms with Crippen LogP contribution in [0, 0.1) is 0 Å². The summed E-state index contributed by atoms with van der Waals surface area (Å²) in [5.41, 5.74) is 1.55. The molecule has 1 aliphatic rings. The fourth-order valence-corrected chi connectivity index (χ4v) is 3.16. The molecule has 1 aromatic carbocycles. The van der Waals surface area contributed by atoms with Gasteiger partial charge in [-0.1, -0.05) is 30.3 Å². The Balaban J connectivity index is 1.30. The molecule has 1 fully saturated rings. The third-order valence-electron chi connectivity index (χ3n) is 4.78. The summed E-state index contributed by atoms with van der Waals surface area (Å²) in [4.78, 5) is 36.9. The molecule has 0 spiro atoms. The first-order chi connectivity index (χ1) is 14.2. The number of rotatable bonds is 5. The molecule has 4 rings (SSSR count). The zero-order valence-corrected chi connectivity index (χ0v) is 15.8. The van der Waals surface area contributed by atoms with Gasteiger partial charge in [-0.15, -0.1) is 0 Å². The Hall–Kier alpha value is -3.68. The lowest BCUT2D eigenvalue weighted by Crippen LogP contribution is -2.50. The van der Waals surface area contributed by atoms with E-state index in [4.69, 9.17) is 4.42 Å². The first kappa shape index (κ1) is 18.7. The number of amides is 2.